The number of imidazole rings is 1. The molecule has 0 amide bonds. The van der Waals surface area contributed by atoms with Crippen molar-refractivity contribution in [2.24, 2.45) is 5.92 Å². The maximum absolute atomic E-state index is 4.70. The van der Waals surface area contributed by atoms with E-state index in [1.165, 1.54) is 17.1 Å². The Morgan fingerprint density at radius 2 is 2.47 bits per heavy atom. The summed E-state index contributed by atoms with van der Waals surface area (Å²) in [6, 6.07) is 4.23. The third-order valence-electron chi connectivity index (χ3n) is 3.00. The summed E-state index contributed by atoms with van der Waals surface area (Å²) < 4.78 is 2.32. The molecule has 0 saturated carbocycles. The van der Waals surface area contributed by atoms with E-state index in [9.17, 15) is 0 Å². The minimum absolute atomic E-state index is 0.794. The van der Waals surface area contributed by atoms with Gasteiger partial charge in [-0.1, -0.05) is 13.0 Å². The summed E-state index contributed by atoms with van der Waals surface area (Å²) in [5, 5.41) is 2.11. The van der Waals surface area contributed by atoms with Crippen molar-refractivity contribution in [3.63, 3.8) is 0 Å². The molecule has 2 aromatic heterocycles. The number of fused-ring (bicyclic) bond motifs is 1. The van der Waals surface area contributed by atoms with Crippen molar-refractivity contribution in [1.29, 1.82) is 0 Å². The van der Waals surface area contributed by atoms with Crippen molar-refractivity contribution in [2.75, 3.05) is 0 Å². The second-order valence-electron chi connectivity index (χ2n) is 4.32. The Hall–Kier alpha value is -1.09. The van der Waals surface area contributed by atoms with E-state index in [2.05, 4.69) is 35.2 Å². The Morgan fingerprint density at radius 1 is 1.53 bits per heavy atom. The van der Waals surface area contributed by atoms with Gasteiger partial charge in [-0.25, -0.2) is 4.98 Å². The molecule has 3 heteroatoms. The lowest BCUT2D eigenvalue weighted by Crippen LogP contribution is -2.17. The Kier molecular flexibility index (Phi) is 2.13. The van der Waals surface area contributed by atoms with Crippen LogP contribution in [0.5, 0.6) is 0 Å². The lowest BCUT2D eigenvalue weighted by Gasteiger charge is -2.19. The maximum atomic E-state index is 4.70. The quantitative estimate of drug-likeness (QED) is 0.718. The molecule has 2 nitrogen and oxygen atoms in total. The Bertz CT molecular complexity index is 456. The number of hydrogen-bond acceptors (Lipinski definition) is 2. The number of hydrogen-bond donors (Lipinski definition) is 0. The lowest BCUT2D eigenvalue weighted by atomic mass is 10.0. The van der Waals surface area contributed by atoms with Gasteiger partial charge in [-0.05, 0) is 23.8 Å². The zero-order valence-corrected chi connectivity index (χ0v) is 9.63. The van der Waals surface area contributed by atoms with E-state index in [0.29, 0.717) is 0 Å². The lowest BCUT2D eigenvalue weighted by molar-refractivity contribution is 0.394. The second kappa shape index (κ2) is 3.49. The van der Waals surface area contributed by atoms with Crippen LogP contribution >= 0.6 is 11.3 Å². The van der Waals surface area contributed by atoms with Gasteiger partial charge in [-0.15, -0.1) is 11.3 Å². The van der Waals surface area contributed by atoms with Crippen LogP contribution in [0.25, 0.3) is 10.6 Å². The van der Waals surface area contributed by atoms with Gasteiger partial charge >= 0.3 is 0 Å². The van der Waals surface area contributed by atoms with E-state index >= 15 is 0 Å². The molecule has 1 atom stereocenters. The molecular formula is C12H14N2S. The fourth-order valence-electron chi connectivity index (χ4n) is 2.16. The van der Waals surface area contributed by atoms with Crippen LogP contribution < -0.4 is 0 Å². The third kappa shape index (κ3) is 1.61. The van der Waals surface area contributed by atoms with Crippen molar-refractivity contribution in [3.05, 3.63) is 29.5 Å². The smallest absolute Gasteiger partial charge is 0.109 e. The molecule has 1 aliphatic heterocycles. The standard InChI is InChI=1S/C12H14N2S/c1-9-4-5-12-13-10(8-14(12)7-9)11-3-2-6-15-11/h2-3,6,8-9H,4-5,7H2,1H3/t9-/m0/s1. The average molecular weight is 218 g/mol. The molecule has 1 aliphatic rings. The predicted molar refractivity (Wildman–Crippen MR) is 63.0 cm³/mol. The number of aryl methyl sites for hydroxylation is 1. The number of thiophene rings is 1. The van der Waals surface area contributed by atoms with Gasteiger partial charge in [0.15, 0.2) is 0 Å². The molecule has 0 N–H and O–H groups in total. The Balaban J connectivity index is 2.00. The highest BCUT2D eigenvalue weighted by Crippen LogP contribution is 2.27. The fourth-order valence-corrected chi connectivity index (χ4v) is 2.84. The van der Waals surface area contributed by atoms with Crippen molar-refractivity contribution in [3.8, 4) is 10.6 Å². The molecule has 78 valence electrons. The van der Waals surface area contributed by atoms with Crippen LogP contribution in [0.2, 0.25) is 0 Å². The van der Waals surface area contributed by atoms with Gasteiger partial charge in [-0.2, -0.15) is 0 Å². The van der Waals surface area contributed by atoms with Crippen LogP contribution in [-0.2, 0) is 13.0 Å². The molecule has 0 radical (unpaired) electrons. The number of nitrogens with zero attached hydrogens (tertiary/aromatic N) is 2. The maximum Gasteiger partial charge on any atom is 0.109 e. The van der Waals surface area contributed by atoms with Gasteiger partial charge in [0.05, 0.1) is 10.6 Å². The van der Waals surface area contributed by atoms with E-state index in [-0.39, 0.29) is 0 Å². The summed E-state index contributed by atoms with van der Waals surface area (Å²) in [7, 11) is 0. The molecule has 3 heterocycles. The first-order valence-electron chi connectivity index (χ1n) is 5.43. The number of aromatic nitrogens is 2. The fraction of sp³-hybridized carbons (Fsp3) is 0.417. The first-order chi connectivity index (χ1) is 7.33. The second-order valence-corrected chi connectivity index (χ2v) is 5.26. The van der Waals surface area contributed by atoms with Gasteiger partial charge in [0.1, 0.15) is 5.82 Å². The van der Waals surface area contributed by atoms with Crippen LogP contribution in [0, 0.1) is 5.92 Å². The van der Waals surface area contributed by atoms with E-state index in [4.69, 9.17) is 4.98 Å². The summed E-state index contributed by atoms with van der Waals surface area (Å²) >= 11 is 1.76. The van der Waals surface area contributed by atoms with Crippen LogP contribution in [0.15, 0.2) is 23.7 Å². The summed E-state index contributed by atoms with van der Waals surface area (Å²) in [6.45, 7) is 3.45. The molecule has 0 aromatic carbocycles. The van der Waals surface area contributed by atoms with Crippen molar-refractivity contribution in [1.82, 2.24) is 9.55 Å². The summed E-state index contributed by atoms with van der Waals surface area (Å²) in [4.78, 5) is 5.98. The SMILES string of the molecule is C[C@H]1CCc2nc(-c3cccs3)cn2C1. The van der Waals surface area contributed by atoms with Crippen LogP contribution in [0.1, 0.15) is 19.2 Å². The van der Waals surface area contributed by atoms with Gasteiger partial charge in [-0.3, -0.25) is 0 Å². The predicted octanol–water partition coefficient (Wildman–Crippen LogP) is 3.19. The van der Waals surface area contributed by atoms with Crippen LogP contribution in [-0.4, -0.2) is 9.55 Å². The topological polar surface area (TPSA) is 17.8 Å². The van der Waals surface area contributed by atoms with E-state index in [1.807, 2.05) is 0 Å². The first kappa shape index (κ1) is 9.16. The van der Waals surface area contributed by atoms with Gasteiger partial charge < -0.3 is 4.57 Å². The van der Waals surface area contributed by atoms with Gasteiger partial charge in [0, 0.05) is 19.2 Å². The molecule has 3 rings (SSSR count). The molecule has 15 heavy (non-hydrogen) atoms. The molecule has 0 fully saturated rings. The summed E-state index contributed by atoms with van der Waals surface area (Å²) in [6.07, 6.45) is 4.62. The van der Waals surface area contributed by atoms with Gasteiger partial charge in [0.2, 0.25) is 0 Å². The minimum atomic E-state index is 0.794. The van der Waals surface area contributed by atoms with Gasteiger partial charge in [0.25, 0.3) is 0 Å². The molecule has 0 bridgehead atoms. The Labute approximate surface area is 93.6 Å². The largest absolute Gasteiger partial charge is 0.334 e. The molecule has 0 spiro atoms. The summed E-state index contributed by atoms with van der Waals surface area (Å²) in [5.41, 5.74) is 1.15. The monoisotopic (exact) mass is 218 g/mol. The van der Waals surface area contributed by atoms with Crippen molar-refractivity contribution in [2.45, 2.75) is 26.3 Å². The zero-order valence-electron chi connectivity index (χ0n) is 8.81. The van der Waals surface area contributed by atoms with Crippen molar-refractivity contribution < 1.29 is 0 Å². The minimum Gasteiger partial charge on any atom is -0.334 e. The highest BCUT2D eigenvalue weighted by molar-refractivity contribution is 7.13. The average Bonchev–Trinajstić information content (AvgIpc) is 2.84. The molecule has 0 unspecified atom stereocenters. The third-order valence-corrected chi connectivity index (χ3v) is 3.89. The number of rotatable bonds is 1. The Morgan fingerprint density at radius 3 is 3.27 bits per heavy atom. The van der Waals surface area contributed by atoms with Crippen LogP contribution in [0.3, 0.4) is 0 Å². The molecule has 0 saturated heterocycles. The van der Waals surface area contributed by atoms with Crippen molar-refractivity contribution >= 4 is 11.3 Å². The molecule has 0 aliphatic carbocycles. The van der Waals surface area contributed by atoms with E-state index in [0.717, 1.165) is 24.6 Å². The summed E-state index contributed by atoms with van der Waals surface area (Å²) in [5.74, 6) is 2.05. The molecular weight excluding hydrogens is 204 g/mol. The highest BCUT2D eigenvalue weighted by atomic mass is 32.1. The molecule has 2 aromatic rings. The highest BCUT2D eigenvalue weighted by Gasteiger charge is 2.17. The van der Waals surface area contributed by atoms with E-state index < -0.39 is 0 Å². The van der Waals surface area contributed by atoms with Crippen LogP contribution in [0.4, 0.5) is 0 Å². The van der Waals surface area contributed by atoms with E-state index in [1.54, 1.807) is 11.3 Å². The first-order valence-corrected chi connectivity index (χ1v) is 6.31. The normalized spacial score (nSPS) is 20.2. The zero-order chi connectivity index (χ0) is 10.3.